The quantitative estimate of drug-likeness (QED) is 0.665. The first-order valence-corrected chi connectivity index (χ1v) is 5.47. The van der Waals surface area contributed by atoms with Gasteiger partial charge >= 0.3 is 0 Å². The van der Waals surface area contributed by atoms with E-state index >= 15 is 0 Å². The number of nitro groups is 1. The van der Waals surface area contributed by atoms with Gasteiger partial charge in [0.2, 0.25) is 12.5 Å². The molecule has 1 atom stereocenters. The summed E-state index contributed by atoms with van der Waals surface area (Å²) in [5.41, 5.74) is -0.557. The topological polar surface area (TPSA) is 96.0 Å². The number of amides is 1. The van der Waals surface area contributed by atoms with Gasteiger partial charge in [-0.25, -0.2) is 0 Å². The number of anilines is 1. The summed E-state index contributed by atoms with van der Waals surface area (Å²) in [5.74, 6) is -0.530. The van der Waals surface area contributed by atoms with Crippen molar-refractivity contribution in [1.82, 2.24) is 0 Å². The predicted molar refractivity (Wildman–Crippen MR) is 63.9 cm³/mol. The lowest BCUT2D eigenvalue weighted by Gasteiger charge is -2.19. The van der Waals surface area contributed by atoms with Gasteiger partial charge in [0.05, 0.1) is 12.5 Å². The van der Waals surface area contributed by atoms with E-state index in [1.54, 1.807) is 12.1 Å². The molecule has 1 unspecified atom stereocenters. The molecule has 0 aromatic heterocycles. The molecule has 1 amide bonds. The maximum absolute atomic E-state index is 12.0. The smallest absolute Gasteiger partial charge is 0.242 e. The Balaban J connectivity index is 2.60. The van der Waals surface area contributed by atoms with Gasteiger partial charge in [-0.1, -0.05) is 11.6 Å². The summed E-state index contributed by atoms with van der Waals surface area (Å²) in [6.07, 6.45) is -0.257. The van der Waals surface area contributed by atoms with Crippen LogP contribution in [0.1, 0.15) is 12.0 Å². The number of carbonyl (C=O) groups is 1. The SMILES string of the molecule is N#CCC1(C[N+](=O)[O-])C(=O)Nc2ccc(Cl)cc21. The van der Waals surface area contributed by atoms with E-state index in [1.807, 2.05) is 6.07 Å². The number of carbonyl (C=O) groups excluding carboxylic acids is 1. The first-order chi connectivity index (χ1) is 8.49. The number of nitrogens with one attached hydrogen (secondary N) is 1. The highest BCUT2D eigenvalue weighted by Gasteiger charge is 2.51. The zero-order valence-electron chi connectivity index (χ0n) is 9.14. The summed E-state index contributed by atoms with van der Waals surface area (Å²) in [6, 6.07) is 6.49. The van der Waals surface area contributed by atoms with Gasteiger partial charge in [-0.15, -0.1) is 0 Å². The number of hydrogen-bond acceptors (Lipinski definition) is 4. The van der Waals surface area contributed by atoms with Crippen molar-refractivity contribution < 1.29 is 9.72 Å². The number of halogens is 1. The van der Waals surface area contributed by atoms with Crippen LogP contribution in [-0.4, -0.2) is 17.4 Å². The van der Waals surface area contributed by atoms with E-state index in [9.17, 15) is 14.9 Å². The largest absolute Gasteiger partial charge is 0.325 e. The van der Waals surface area contributed by atoms with Crippen molar-refractivity contribution in [2.45, 2.75) is 11.8 Å². The van der Waals surface area contributed by atoms with Crippen LogP contribution in [0, 0.1) is 21.4 Å². The molecule has 0 saturated carbocycles. The Morgan fingerprint density at radius 1 is 1.56 bits per heavy atom. The molecule has 1 aliphatic rings. The summed E-state index contributed by atoms with van der Waals surface area (Å²) < 4.78 is 0. The lowest BCUT2D eigenvalue weighted by atomic mass is 9.79. The number of nitriles is 1. The molecule has 0 radical (unpaired) electrons. The second-order valence-electron chi connectivity index (χ2n) is 4.05. The molecule has 18 heavy (non-hydrogen) atoms. The second-order valence-corrected chi connectivity index (χ2v) is 4.49. The Hall–Kier alpha value is -2.13. The van der Waals surface area contributed by atoms with E-state index in [0.29, 0.717) is 16.3 Å². The van der Waals surface area contributed by atoms with Gasteiger partial charge in [0.15, 0.2) is 5.41 Å². The number of rotatable bonds is 3. The molecule has 0 fully saturated rings. The molecular formula is C11H8ClN3O3. The van der Waals surface area contributed by atoms with Gasteiger partial charge in [-0.3, -0.25) is 14.9 Å². The average Bonchev–Trinajstić information content (AvgIpc) is 2.53. The van der Waals surface area contributed by atoms with E-state index in [4.69, 9.17) is 16.9 Å². The van der Waals surface area contributed by atoms with E-state index in [2.05, 4.69) is 5.32 Å². The lowest BCUT2D eigenvalue weighted by molar-refractivity contribution is -0.487. The molecule has 0 spiro atoms. The summed E-state index contributed by atoms with van der Waals surface area (Å²) in [6.45, 7) is -0.625. The fraction of sp³-hybridized carbons (Fsp3) is 0.273. The molecule has 0 saturated heterocycles. The Morgan fingerprint density at radius 2 is 2.28 bits per heavy atom. The zero-order valence-corrected chi connectivity index (χ0v) is 9.90. The van der Waals surface area contributed by atoms with E-state index in [0.717, 1.165) is 0 Å². The highest BCUT2D eigenvalue weighted by atomic mass is 35.5. The Labute approximate surface area is 107 Å². The van der Waals surface area contributed by atoms with Crippen LogP contribution in [0.15, 0.2) is 18.2 Å². The average molecular weight is 266 g/mol. The van der Waals surface area contributed by atoms with Crippen LogP contribution in [0.4, 0.5) is 5.69 Å². The van der Waals surface area contributed by atoms with E-state index < -0.39 is 22.8 Å². The van der Waals surface area contributed by atoms with Gasteiger partial charge in [0.25, 0.3) is 0 Å². The third kappa shape index (κ3) is 1.79. The molecule has 1 aromatic carbocycles. The fourth-order valence-electron chi connectivity index (χ4n) is 2.13. The van der Waals surface area contributed by atoms with Gasteiger partial charge in [-0.05, 0) is 18.2 Å². The molecule has 7 heteroatoms. The molecule has 1 heterocycles. The van der Waals surface area contributed by atoms with Crippen molar-refractivity contribution in [1.29, 1.82) is 5.26 Å². The maximum atomic E-state index is 12.0. The van der Waals surface area contributed by atoms with Crippen molar-refractivity contribution in [2.75, 3.05) is 11.9 Å². The van der Waals surface area contributed by atoms with Crippen molar-refractivity contribution in [3.63, 3.8) is 0 Å². The van der Waals surface area contributed by atoms with Crippen LogP contribution < -0.4 is 5.32 Å². The highest BCUT2D eigenvalue weighted by Crippen LogP contribution is 2.41. The minimum atomic E-state index is -1.45. The molecule has 1 aromatic rings. The summed E-state index contributed by atoms with van der Waals surface area (Å²) in [4.78, 5) is 22.1. The van der Waals surface area contributed by atoms with Crippen molar-refractivity contribution in [2.24, 2.45) is 0 Å². The van der Waals surface area contributed by atoms with Crippen LogP contribution in [0.25, 0.3) is 0 Å². The molecule has 1 aliphatic heterocycles. The molecule has 1 N–H and O–H groups in total. The molecule has 0 bridgehead atoms. The Kier molecular flexibility index (Phi) is 2.93. The van der Waals surface area contributed by atoms with Crippen molar-refractivity contribution in [3.05, 3.63) is 38.9 Å². The van der Waals surface area contributed by atoms with Crippen LogP contribution in [0.2, 0.25) is 5.02 Å². The van der Waals surface area contributed by atoms with Gasteiger partial charge in [-0.2, -0.15) is 5.26 Å². The van der Waals surface area contributed by atoms with Crippen molar-refractivity contribution in [3.8, 4) is 6.07 Å². The van der Waals surface area contributed by atoms with Crippen molar-refractivity contribution >= 4 is 23.2 Å². The Bertz CT molecular complexity index is 581. The number of fused-ring (bicyclic) bond motifs is 1. The standard InChI is InChI=1S/C11H8ClN3O3/c12-7-1-2-9-8(5-7)11(3-4-13,6-15(17)18)10(16)14-9/h1-2,5H,3,6H2,(H,14,16). The third-order valence-electron chi connectivity index (χ3n) is 2.96. The monoisotopic (exact) mass is 265 g/mol. The van der Waals surface area contributed by atoms with Crippen LogP contribution >= 0.6 is 11.6 Å². The molecule has 0 aliphatic carbocycles. The molecule has 92 valence electrons. The highest BCUT2D eigenvalue weighted by molar-refractivity contribution is 6.31. The lowest BCUT2D eigenvalue weighted by Crippen LogP contribution is -2.40. The fourth-order valence-corrected chi connectivity index (χ4v) is 2.30. The zero-order chi connectivity index (χ0) is 13.3. The van der Waals surface area contributed by atoms with Crippen LogP contribution in [0.5, 0.6) is 0 Å². The van der Waals surface area contributed by atoms with E-state index in [1.165, 1.54) is 6.07 Å². The summed E-state index contributed by atoms with van der Waals surface area (Å²) in [7, 11) is 0. The summed E-state index contributed by atoms with van der Waals surface area (Å²) in [5, 5.41) is 22.5. The predicted octanol–water partition coefficient (Wildman–Crippen LogP) is 1.72. The molecule has 6 nitrogen and oxygen atoms in total. The molecule has 2 rings (SSSR count). The number of benzene rings is 1. The summed E-state index contributed by atoms with van der Waals surface area (Å²) >= 11 is 5.84. The second kappa shape index (κ2) is 4.27. The minimum Gasteiger partial charge on any atom is -0.325 e. The normalized spacial score (nSPS) is 21.0. The number of nitrogens with zero attached hydrogens (tertiary/aromatic N) is 2. The number of hydrogen-bond donors (Lipinski definition) is 1. The van der Waals surface area contributed by atoms with Crippen LogP contribution in [0.3, 0.4) is 0 Å². The Morgan fingerprint density at radius 3 is 2.89 bits per heavy atom. The van der Waals surface area contributed by atoms with E-state index in [-0.39, 0.29) is 6.42 Å². The van der Waals surface area contributed by atoms with Crippen LogP contribution in [-0.2, 0) is 10.2 Å². The van der Waals surface area contributed by atoms with Gasteiger partial charge in [0, 0.05) is 21.2 Å². The third-order valence-corrected chi connectivity index (χ3v) is 3.19. The van der Waals surface area contributed by atoms with Gasteiger partial charge in [0.1, 0.15) is 0 Å². The molecular weight excluding hydrogens is 258 g/mol. The van der Waals surface area contributed by atoms with Gasteiger partial charge < -0.3 is 5.32 Å². The first kappa shape index (κ1) is 12.3. The first-order valence-electron chi connectivity index (χ1n) is 5.10. The maximum Gasteiger partial charge on any atom is 0.242 e. The minimum absolute atomic E-state index is 0.257.